The number of benzene rings is 1. The van der Waals surface area contributed by atoms with E-state index in [1.807, 2.05) is 0 Å². The van der Waals surface area contributed by atoms with Crippen molar-refractivity contribution in [3.8, 4) is 5.75 Å². The second kappa shape index (κ2) is 8.00. The molecule has 1 unspecified atom stereocenters. The molecule has 1 fully saturated rings. The van der Waals surface area contributed by atoms with Crippen molar-refractivity contribution >= 4 is 11.7 Å². The highest BCUT2D eigenvalue weighted by molar-refractivity contribution is 5.87. The van der Waals surface area contributed by atoms with Crippen molar-refractivity contribution in [1.82, 2.24) is 5.32 Å². The first-order valence-corrected chi connectivity index (χ1v) is 7.87. The number of carbonyl (C=O) groups excluding carboxylic acids is 2. The average Bonchev–Trinajstić information content (AvgIpc) is 2.97. The van der Waals surface area contributed by atoms with E-state index < -0.39 is 65.0 Å². The van der Waals surface area contributed by atoms with Crippen LogP contribution in [0, 0.1) is 29.2 Å². The van der Waals surface area contributed by atoms with Gasteiger partial charge in [0.25, 0.3) is 0 Å². The molecule has 0 aromatic heterocycles. The first-order chi connectivity index (χ1) is 12.1. The molecule has 26 heavy (non-hydrogen) atoms. The Kier molecular flexibility index (Phi) is 6.19. The van der Waals surface area contributed by atoms with E-state index in [2.05, 4.69) is 10.1 Å². The second-order valence-electron chi connectivity index (χ2n) is 6.05. The topological polar surface area (TPSA) is 102 Å². The molecule has 10 heteroatoms. The zero-order chi connectivity index (χ0) is 19.6. The summed E-state index contributed by atoms with van der Waals surface area (Å²) < 4.78 is 59.9. The van der Waals surface area contributed by atoms with Gasteiger partial charge in [0.05, 0.1) is 17.7 Å². The Labute approximate surface area is 146 Å². The number of nitrogens with one attached hydrogen (secondary N) is 1. The molecule has 0 bridgehead atoms. The van der Waals surface area contributed by atoms with Gasteiger partial charge in [-0.1, -0.05) is 0 Å². The van der Waals surface area contributed by atoms with E-state index in [1.54, 1.807) is 0 Å². The largest absolute Gasteiger partial charge is 0.479 e. The number of halogens is 4. The van der Waals surface area contributed by atoms with E-state index in [-0.39, 0.29) is 12.3 Å². The molecule has 0 spiro atoms. The van der Waals surface area contributed by atoms with Gasteiger partial charge in [0, 0.05) is 12.5 Å². The maximum Gasteiger partial charge on any atom is 0.223 e. The van der Waals surface area contributed by atoms with Crippen LogP contribution in [0.2, 0.25) is 0 Å². The van der Waals surface area contributed by atoms with E-state index in [0.717, 1.165) is 6.92 Å². The van der Waals surface area contributed by atoms with Crippen LogP contribution in [0.25, 0.3) is 0 Å². The molecule has 0 aliphatic carbocycles. The molecule has 1 aliphatic heterocycles. The SMILES string of the molecule is CC(O)c1c(F)c(F)c(OCC(=O)[C@@H](N)C[C@@H]2CCNC2=O)c(F)c1F. The van der Waals surface area contributed by atoms with Gasteiger partial charge in [-0.2, -0.15) is 8.78 Å². The van der Waals surface area contributed by atoms with Crippen LogP contribution in [0.5, 0.6) is 5.75 Å². The molecule has 0 radical (unpaired) electrons. The number of aliphatic hydroxyl groups excluding tert-OH is 1. The van der Waals surface area contributed by atoms with Crippen molar-refractivity contribution in [1.29, 1.82) is 0 Å². The van der Waals surface area contributed by atoms with E-state index in [0.29, 0.717) is 13.0 Å². The van der Waals surface area contributed by atoms with Crippen LogP contribution < -0.4 is 15.8 Å². The van der Waals surface area contributed by atoms with Crippen molar-refractivity contribution in [2.24, 2.45) is 11.7 Å². The van der Waals surface area contributed by atoms with Crippen molar-refractivity contribution < 1.29 is 37.0 Å². The van der Waals surface area contributed by atoms with Crippen LogP contribution in [-0.2, 0) is 9.59 Å². The Balaban J connectivity index is 2.09. The summed E-state index contributed by atoms with van der Waals surface area (Å²) in [4.78, 5) is 23.4. The Bertz CT molecular complexity index is 698. The lowest BCUT2D eigenvalue weighted by Gasteiger charge is -2.16. The summed E-state index contributed by atoms with van der Waals surface area (Å²) in [6.45, 7) is 0.463. The zero-order valence-corrected chi connectivity index (χ0v) is 13.8. The lowest BCUT2D eigenvalue weighted by molar-refractivity contribution is -0.124. The summed E-state index contributed by atoms with van der Waals surface area (Å²) in [6.07, 6.45) is -1.27. The zero-order valence-electron chi connectivity index (χ0n) is 13.8. The molecule has 1 aliphatic rings. The Morgan fingerprint density at radius 2 is 1.85 bits per heavy atom. The van der Waals surface area contributed by atoms with Gasteiger partial charge in [-0.05, 0) is 19.8 Å². The third kappa shape index (κ3) is 3.96. The fraction of sp³-hybridized carbons (Fsp3) is 0.500. The monoisotopic (exact) mass is 378 g/mol. The van der Waals surface area contributed by atoms with E-state index in [1.165, 1.54) is 0 Å². The summed E-state index contributed by atoms with van der Waals surface area (Å²) in [7, 11) is 0. The highest BCUT2D eigenvalue weighted by atomic mass is 19.2. The summed E-state index contributed by atoms with van der Waals surface area (Å²) in [6, 6.07) is -1.14. The van der Waals surface area contributed by atoms with Crippen molar-refractivity contribution in [2.45, 2.75) is 31.9 Å². The molecule has 0 saturated carbocycles. The predicted octanol–water partition coefficient (Wildman–Crippen LogP) is 1.10. The molecule has 1 aromatic carbocycles. The molecule has 6 nitrogen and oxygen atoms in total. The van der Waals surface area contributed by atoms with Gasteiger partial charge in [-0.3, -0.25) is 9.59 Å². The molecule has 2 rings (SSSR count). The van der Waals surface area contributed by atoms with Gasteiger partial charge in [0.1, 0.15) is 6.61 Å². The van der Waals surface area contributed by atoms with Gasteiger partial charge in [0.15, 0.2) is 23.2 Å². The second-order valence-corrected chi connectivity index (χ2v) is 6.05. The fourth-order valence-electron chi connectivity index (χ4n) is 2.68. The van der Waals surface area contributed by atoms with Gasteiger partial charge in [0.2, 0.25) is 17.5 Å². The lowest BCUT2D eigenvalue weighted by Crippen LogP contribution is -2.37. The Hall–Kier alpha value is -2.20. The predicted molar refractivity (Wildman–Crippen MR) is 81.1 cm³/mol. The fourth-order valence-corrected chi connectivity index (χ4v) is 2.68. The summed E-state index contributed by atoms with van der Waals surface area (Å²) in [5.74, 6) is -10.3. The number of carbonyl (C=O) groups is 2. The number of Topliss-reactive ketones (excluding diaryl/α,β-unsaturated/α-hetero) is 1. The third-order valence-electron chi connectivity index (χ3n) is 4.15. The average molecular weight is 378 g/mol. The molecule has 1 aromatic rings. The molecule has 1 heterocycles. The maximum atomic E-state index is 13.9. The van der Waals surface area contributed by atoms with E-state index in [4.69, 9.17) is 5.73 Å². The smallest absolute Gasteiger partial charge is 0.223 e. The summed E-state index contributed by atoms with van der Waals surface area (Å²) in [5, 5.41) is 11.8. The maximum absolute atomic E-state index is 13.9. The highest BCUT2D eigenvalue weighted by Gasteiger charge is 2.31. The van der Waals surface area contributed by atoms with Gasteiger partial charge < -0.3 is 20.9 Å². The van der Waals surface area contributed by atoms with Gasteiger partial charge in [-0.25, -0.2) is 8.78 Å². The Morgan fingerprint density at radius 1 is 1.27 bits per heavy atom. The van der Waals surface area contributed by atoms with Crippen LogP contribution >= 0.6 is 0 Å². The van der Waals surface area contributed by atoms with Crippen LogP contribution in [0.4, 0.5) is 17.6 Å². The number of aliphatic hydroxyl groups is 1. The molecular formula is C16H18F4N2O4. The standard InChI is InChI=1S/C16H18F4N2O4/c1-6(23)10-11(17)13(19)15(14(20)12(10)18)26-5-9(24)8(21)4-7-2-3-22-16(7)25/h6-8,23H,2-5,21H2,1H3,(H,22,25)/t6?,7-,8-/m0/s1. The minimum Gasteiger partial charge on any atom is -0.479 e. The number of nitrogens with two attached hydrogens (primary N) is 1. The first kappa shape index (κ1) is 20.1. The minimum absolute atomic E-state index is 0.0165. The van der Waals surface area contributed by atoms with Crippen molar-refractivity contribution in [3.05, 3.63) is 28.8 Å². The number of hydrogen-bond acceptors (Lipinski definition) is 5. The normalized spacial score (nSPS) is 19.2. The van der Waals surface area contributed by atoms with E-state index >= 15 is 0 Å². The van der Waals surface area contributed by atoms with Crippen LogP contribution in [0.15, 0.2) is 0 Å². The van der Waals surface area contributed by atoms with Crippen molar-refractivity contribution in [2.75, 3.05) is 13.2 Å². The quantitative estimate of drug-likeness (QED) is 0.487. The molecule has 1 amide bonds. The van der Waals surface area contributed by atoms with E-state index in [9.17, 15) is 32.3 Å². The summed E-state index contributed by atoms with van der Waals surface area (Å²) >= 11 is 0. The molecule has 1 saturated heterocycles. The van der Waals surface area contributed by atoms with Gasteiger partial charge >= 0.3 is 0 Å². The first-order valence-electron chi connectivity index (χ1n) is 7.87. The summed E-state index contributed by atoms with van der Waals surface area (Å²) in [5.41, 5.74) is 4.47. The van der Waals surface area contributed by atoms with Crippen molar-refractivity contribution in [3.63, 3.8) is 0 Å². The lowest BCUT2D eigenvalue weighted by atomic mass is 9.97. The third-order valence-corrected chi connectivity index (χ3v) is 4.15. The molecule has 3 atom stereocenters. The number of ether oxygens (including phenoxy) is 1. The molecule has 144 valence electrons. The van der Waals surface area contributed by atoms with Gasteiger partial charge in [-0.15, -0.1) is 0 Å². The highest BCUT2D eigenvalue weighted by Crippen LogP contribution is 2.33. The van der Waals surface area contributed by atoms with Crippen LogP contribution in [0.1, 0.15) is 31.4 Å². The van der Waals surface area contributed by atoms with Crippen LogP contribution in [0.3, 0.4) is 0 Å². The number of hydrogen-bond donors (Lipinski definition) is 3. The molecular weight excluding hydrogens is 360 g/mol. The number of rotatable bonds is 7. The van der Waals surface area contributed by atoms with Crippen LogP contribution in [-0.4, -0.2) is 36.0 Å². The minimum atomic E-state index is -1.86. The number of ketones is 1. The Morgan fingerprint density at radius 3 is 2.31 bits per heavy atom. The number of amides is 1. The molecule has 4 N–H and O–H groups in total.